The highest BCUT2D eigenvalue weighted by atomic mass is 16.3. The van der Waals surface area contributed by atoms with Gasteiger partial charge in [-0.1, -0.05) is 30.3 Å². The second-order valence-electron chi connectivity index (χ2n) is 8.80. The number of carbonyl (C=O) groups excluding carboxylic acids is 1. The zero-order valence-corrected chi connectivity index (χ0v) is 18.8. The Morgan fingerprint density at radius 1 is 0.939 bits per heavy atom. The number of fused-ring (bicyclic) bond motifs is 1. The van der Waals surface area contributed by atoms with Crippen LogP contribution in [0.2, 0.25) is 0 Å². The predicted octanol–water partition coefficient (Wildman–Crippen LogP) is 2.80. The lowest BCUT2D eigenvalue weighted by molar-refractivity contribution is -0.131. The number of nitrogens with two attached hydrogens (primary N) is 1. The lowest BCUT2D eigenvalue weighted by Gasteiger charge is -2.35. The molecule has 33 heavy (non-hydrogen) atoms. The summed E-state index contributed by atoms with van der Waals surface area (Å²) < 4.78 is 0. The van der Waals surface area contributed by atoms with Gasteiger partial charge in [-0.15, -0.1) is 0 Å². The largest absolute Gasteiger partial charge is 0.508 e. The van der Waals surface area contributed by atoms with Gasteiger partial charge in [-0.05, 0) is 36.1 Å². The van der Waals surface area contributed by atoms with Crippen molar-refractivity contribution in [3.63, 3.8) is 0 Å². The molecule has 0 bridgehead atoms. The van der Waals surface area contributed by atoms with Gasteiger partial charge in [0.15, 0.2) is 0 Å². The zero-order chi connectivity index (χ0) is 22.8. The first-order valence-corrected chi connectivity index (χ1v) is 11.7. The first-order chi connectivity index (χ1) is 16.1. The van der Waals surface area contributed by atoms with Crippen molar-refractivity contribution in [2.45, 2.75) is 25.7 Å². The van der Waals surface area contributed by atoms with E-state index in [0.29, 0.717) is 50.8 Å². The first-order valence-electron chi connectivity index (χ1n) is 11.7. The Morgan fingerprint density at radius 2 is 1.70 bits per heavy atom. The molecular weight excluding hydrogens is 416 g/mol. The molecule has 1 aromatic heterocycles. The molecule has 3 aromatic rings. The molecule has 8 heteroatoms. The number of hydrogen-bond donors (Lipinski definition) is 2. The number of amides is 1. The maximum atomic E-state index is 12.9. The molecule has 3 N–H and O–H groups in total. The third-order valence-corrected chi connectivity index (χ3v) is 6.67. The molecule has 5 rings (SSSR count). The molecule has 0 spiro atoms. The minimum Gasteiger partial charge on any atom is -0.508 e. The zero-order valence-electron chi connectivity index (χ0n) is 18.8. The molecule has 0 atom stereocenters. The average molecular weight is 447 g/mol. The summed E-state index contributed by atoms with van der Waals surface area (Å²) in [4.78, 5) is 28.4. The monoisotopic (exact) mass is 446 g/mol. The summed E-state index contributed by atoms with van der Waals surface area (Å²) in [5.74, 6) is 2.38. The van der Waals surface area contributed by atoms with Gasteiger partial charge in [0.2, 0.25) is 11.9 Å². The van der Waals surface area contributed by atoms with Crippen LogP contribution in [0.1, 0.15) is 24.8 Å². The summed E-state index contributed by atoms with van der Waals surface area (Å²) in [6.45, 7) is 4.64. The molecule has 2 fully saturated rings. The van der Waals surface area contributed by atoms with E-state index in [1.54, 1.807) is 6.07 Å². The van der Waals surface area contributed by atoms with Crippen molar-refractivity contribution in [1.29, 1.82) is 0 Å². The molecule has 2 saturated heterocycles. The number of phenols is 1. The van der Waals surface area contributed by atoms with Gasteiger partial charge >= 0.3 is 0 Å². The predicted molar refractivity (Wildman–Crippen MR) is 131 cm³/mol. The van der Waals surface area contributed by atoms with Crippen LogP contribution >= 0.6 is 0 Å². The van der Waals surface area contributed by atoms with Gasteiger partial charge in [-0.2, -0.15) is 9.97 Å². The molecule has 0 unspecified atom stereocenters. The standard InChI is InChI=1S/C25H30N6O2/c26-22-17-23(28-25(27-22)31-11-3-4-12-31)29-13-15-30(16-14-29)24(33)10-8-20-19-6-2-1-5-18(19)7-9-21(20)32/h1-2,5-7,9,17,32H,3-4,8,10-16H2,(H2,26,27,28). The Hall–Kier alpha value is -3.55. The fraction of sp³-hybridized carbons (Fsp3) is 0.400. The third-order valence-electron chi connectivity index (χ3n) is 6.67. The summed E-state index contributed by atoms with van der Waals surface area (Å²) >= 11 is 0. The van der Waals surface area contributed by atoms with Crippen molar-refractivity contribution in [1.82, 2.24) is 14.9 Å². The Kier molecular flexibility index (Phi) is 5.90. The normalized spacial score (nSPS) is 16.5. The van der Waals surface area contributed by atoms with E-state index in [-0.39, 0.29) is 11.7 Å². The lowest BCUT2D eigenvalue weighted by atomic mass is 9.99. The minimum absolute atomic E-state index is 0.113. The van der Waals surface area contributed by atoms with E-state index >= 15 is 0 Å². The van der Waals surface area contributed by atoms with E-state index in [4.69, 9.17) is 10.7 Å². The van der Waals surface area contributed by atoms with Crippen LogP contribution < -0.4 is 15.5 Å². The fourth-order valence-corrected chi connectivity index (χ4v) is 4.82. The van der Waals surface area contributed by atoms with Crippen molar-refractivity contribution >= 4 is 34.3 Å². The molecule has 1 amide bonds. The number of anilines is 3. The molecule has 2 aromatic carbocycles. The van der Waals surface area contributed by atoms with Gasteiger partial charge in [0.05, 0.1) is 0 Å². The number of benzene rings is 2. The topological polar surface area (TPSA) is 98.8 Å². The third kappa shape index (κ3) is 4.51. The quantitative estimate of drug-likeness (QED) is 0.622. The molecule has 0 radical (unpaired) electrons. The van der Waals surface area contributed by atoms with Crippen LogP contribution in [0.25, 0.3) is 10.8 Å². The van der Waals surface area contributed by atoms with Crippen LogP contribution in [0, 0.1) is 0 Å². The smallest absolute Gasteiger partial charge is 0.229 e. The van der Waals surface area contributed by atoms with E-state index in [1.165, 1.54) is 0 Å². The van der Waals surface area contributed by atoms with Crippen LogP contribution in [0.15, 0.2) is 42.5 Å². The SMILES string of the molecule is Nc1cc(N2CCN(C(=O)CCc3c(O)ccc4ccccc34)CC2)nc(N2CCCC2)n1. The van der Waals surface area contributed by atoms with Crippen molar-refractivity contribution in [3.05, 3.63) is 48.0 Å². The molecule has 2 aliphatic heterocycles. The van der Waals surface area contributed by atoms with E-state index in [9.17, 15) is 9.90 Å². The summed E-state index contributed by atoms with van der Waals surface area (Å²) in [7, 11) is 0. The van der Waals surface area contributed by atoms with Gasteiger partial charge in [-0.25, -0.2) is 0 Å². The summed E-state index contributed by atoms with van der Waals surface area (Å²) in [6.07, 6.45) is 3.21. The van der Waals surface area contributed by atoms with Crippen LogP contribution in [0.4, 0.5) is 17.6 Å². The Bertz CT molecular complexity index is 1150. The van der Waals surface area contributed by atoms with Crippen LogP contribution in [-0.4, -0.2) is 65.2 Å². The number of phenolic OH excluding ortho intramolecular Hbond substituents is 1. The highest BCUT2D eigenvalue weighted by molar-refractivity contribution is 5.88. The van der Waals surface area contributed by atoms with Crippen LogP contribution in [-0.2, 0) is 11.2 Å². The van der Waals surface area contributed by atoms with Crippen molar-refractivity contribution in [2.75, 3.05) is 54.8 Å². The number of hydrogen-bond acceptors (Lipinski definition) is 7. The molecular formula is C25H30N6O2. The van der Waals surface area contributed by atoms with Crippen molar-refractivity contribution < 1.29 is 9.90 Å². The molecule has 3 heterocycles. The maximum absolute atomic E-state index is 12.9. The molecule has 8 nitrogen and oxygen atoms in total. The van der Waals surface area contributed by atoms with E-state index in [0.717, 1.165) is 48.1 Å². The van der Waals surface area contributed by atoms with Gasteiger partial charge in [0.1, 0.15) is 17.4 Å². The van der Waals surface area contributed by atoms with E-state index < -0.39 is 0 Å². The number of aromatic nitrogens is 2. The molecule has 0 aliphatic carbocycles. The number of aryl methyl sites for hydroxylation is 1. The Labute approximate surface area is 193 Å². The lowest BCUT2D eigenvalue weighted by Crippen LogP contribution is -2.49. The molecule has 0 saturated carbocycles. The highest BCUT2D eigenvalue weighted by Gasteiger charge is 2.24. The first kappa shape index (κ1) is 21.3. The minimum atomic E-state index is 0.113. The molecule has 172 valence electrons. The van der Waals surface area contributed by atoms with Gasteiger partial charge in [-0.3, -0.25) is 4.79 Å². The van der Waals surface area contributed by atoms with E-state index in [1.807, 2.05) is 41.3 Å². The fourth-order valence-electron chi connectivity index (χ4n) is 4.82. The summed E-state index contributed by atoms with van der Waals surface area (Å²) in [5, 5.41) is 12.4. The van der Waals surface area contributed by atoms with Gasteiger partial charge in [0, 0.05) is 57.3 Å². The second kappa shape index (κ2) is 9.13. The number of nitrogens with zero attached hydrogens (tertiary/aromatic N) is 5. The van der Waals surface area contributed by atoms with Crippen molar-refractivity contribution in [2.24, 2.45) is 0 Å². The number of rotatable bonds is 5. The number of piperazine rings is 1. The van der Waals surface area contributed by atoms with E-state index in [2.05, 4.69) is 14.8 Å². The number of aromatic hydroxyl groups is 1. The van der Waals surface area contributed by atoms with Crippen molar-refractivity contribution in [3.8, 4) is 5.75 Å². The van der Waals surface area contributed by atoms with Crippen LogP contribution in [0.5, 0.6) is 5.75 Å². The summed E-state index contributed by atoms with van der Waals surface area (Å²) in [5.41, 5.74) is 6.91. The Morgan fingerprint density at radius 3 is 2.48 bits per heavy atom. The maximum Gasteiger partial charge on any atom is 0.229 e. The number of nitrogen functional groups attached to an aromatic ring is 1. The highest BCUT2D eigenvalue weighted by Crippen LogP contribution is 2.28. The average Bonchev–Trinajstić information content (AvgIpc) is 3.38. The molecule has 2 aliphatic rings. The second-order valence-corrected chi connectivity index (χ2v) is 8.80. The Balaban J connectivity index is 1.20. The van der Waals surface area contributed by atoms with Crippen LogP contribution in [0.3, 0.4) is 0 Å². The summed E-state index contributed by atoms with van der Waals surface area (Å²) in [6, 6.07) is 13.4. The van der Waals surface area contributed by atoms with Gasteiger partial charge in [0.25, 0.3) is 0 Å². The van der Waals surface area contributed by atoms with Gasteiger partial charge < -0.3 is 25.5 Å². The number of carbonyl (C=O) groups is 1.